The zero-order chi connectivity index (χ0) is 18.7. The average Bonchev–Trinajstić information content (AvgIpc) is 3.02. The molecule has 0 heterocycles. The van der Waals surface area contributed by atoms with Gasteiger partial charge in [0.05, 0.1) is 6.10 Å². The van der Waals surface area contributed by atoms with Gasteiger partial charge in [0.25, 0.3) is 0 Å². The Morgan fingerprint density at radius 1 is 1.04 bits per heavy atom. The van der Waals surface area contributed by atoms with Gasteiger partial charge in [0, 0.05) is 18.4 Å². The summed E-state index contributed by atoms with van der Waals surface area (Å²) >= 11 is 0. The molecule has 4 aliphatic rings. The van der Waals surface area contributed by atoms with Gasteiger partial charge in [-0.2, -0.15) is 0 Å². The number of carbonyl (C=O) groups excluding carboxylic acids is 2. The number of carbonyl (C=O) groups is 2. The lowest BCUT2D eigenvalue weighted by Gasteiger charge is -2.62. The molecule has 0 bridgehead atoms. The van der Waals surface area contributed by atoms with E-state index in [9.17, 15) is 9.59 Å². The Kier molecular flexibility index (Phi) is 4.61. The van der Waals surface area contributed by atoms with Crippen LogP contribution in [0, 0.1) is 46.3 Å². The normalized spacial score (nSPS) is 53.3. The van der Waals surface area contributed by atoms with Crippen molar-refractivity contribution in [2.24, 2.45) is 46.3 Å². The number of ketones is 1. The minimum absolute atomic E-state index is 0.0520. The molecular weight excluding hydrogens is 324 g/mol. The first-order chi connectivity index (χ1) is 12.4. The van der Waals surface area contributed by atoms with Crippen LogP contribution in [-0.4, -0.2) is 25.3 Å². The van der Waals surface area contributed by atoms with Crippen LogP contribution in [-0.2, 0) is 14.3 Å². The van der Waals surface area contributed by atoms with E-state index in [0.717, 1.165) is 44.3 Å². The summed E-state index contributed by atoms with van der Waals surface area (Å²) in [5.41, 5.74) is -0.0231. The van der Waals surface area contributed by atoms with Crippen molar-refractivity contribution >= 4 is 12.1 Å². The Hall–Kier alpha value is -0.700. The average molecular weight is 361 g/mol. The van der Waals surface area contributed by atoms with E-state index < -0.39 is 0 Å². The lowest BCUT2D eigenvalue weighted by Crippen LogP contribution is -2.59. The fourth-order valence-electron chi connectivity index (χ4n) is 8.33. The maximum Gasteiger partial charge on any atom is 0.136 e. The highest BCUT2D eigenvalue weighted by molar-refractivity contribution is 5.87. The molecule has 4 aliphatic carbocycles. The molecule has 0 aromatic carbocycles. The highest BCUT2D eigenvalue weighted by Crippen LogP contribution is 2.68. The number of ether oxygens (including phenoxy) is 1. The number of aldehydes is 1. The quantitative estimate of drug-likeness (QED) is 0.687. The maximum absolute atomic E-state index is 12.8. The molecule has 4 fully saturated rings. The third kappa shape index (κ3) is 2.34. The first kappa shape index (κ1) is 18.7. The van der Waals surface area contributed by atoms with Gasteiger partial charge >= 0.3 is 0 Å². The number of hydrogen-bond acceptors (Lipinski definition) is 3. The van der Waals surface area contributed by atoms with Crippen molar-refractivity contribution in [3.05, 3.63) is 0 Å². The molecule has 146 valence electrons. The van der Waals surface area contributed by atoms with Gasteiger partial charge in [-0.15, -0.1) is 0 Å². The van der Waals surface area contributed by atoms with Crippen molar-refractivity contribution in [1.29, 1.82) is 0 Å². The molecule has 0 aromatic heterocycles. The lowest BCUT2D eigenvalue weighted by molar-refractivity contribution is -0.178. The van der Waals surface area contributed by atoms with Crippen LogP contribution in [0.2, 0.25) is 0 Å². The first-order valence-electron chi connectivity index (χ1n) is 10.9. The first-order valence-corrected chi connectivity index (χ1v) is 10.9. The summed E-state index contributed by atoms with van der Waals surface area (Å²) in [6.07, 6.45) is 10.5. The minimum atomic E-state index is -0.369. The second-order valence-electron chi connectivity index (χ2n) is 10.3. The number of Topliss-reactive ketones (excluding diaryl/α,β-unsaturated/α-hetero) is 1. The molecule has 0 aromatic rings. The molecule has 0 unspecified atom stereocenters. The summed E-state index contributed by atoms with van der Waals surface area (Å²) in [6.45, 7) is 6.67. The van der Waals surface area contributed by atoms with E-state index in [-0.39, 0.29) is 17.1 Å². The minimum Gasteiger partial charge on any atom is -0.381 e. The number of rotatable bonds is 3. The van der Waals surface area contributed by atoms with Crippen LogP contribution < -0.4 is 0 Å². The third-order valence-electron chi connectivity index (χ3n) is 9.62. The molecule has 0 aliphatic heterocycles. The van der Waals surface area contributed by atoms with Crippen LogP contribution in [0.15, 0.2) is 0 Å². The van der Waals surface area contributed by atoms with Gasteiger partial charge in [0.2, 0.25) is 0 Å². The van der Waals surface area contributed by atoms with E-state index in [1.165, 1.54) is 19.3 Å². The van der Waals surface area contributed by atoms with Gasteiger partial charge in [-0.1, -0.05) is 20.3 Å². The van der Waals surface area contributed by atoms with Crippen LogP contribution in [0.4, 0.5) is 0 Å². The molecule has 4 rings (SSSR count). The third-order valence-corrected chi connectivity index (χ3v) is 9.62. The van der Waals surface area contributed by atoms with Crippen LogP contribution in [0.3, 0.4) is 0 Å². The van der Waals surface area contributed by atoms with Crippen molar-refractivity contribution < 1.29 is 14.3 Å². The molecule has 3 nitrogen and oxygen atoms in total. The van der Waals surface area contributed by atoms with E-state index in [4.69, 9.17) is 4.74 Å². The Labute approximate surface area is 158 Å². The van der Waals surface area contributed by atoms with Gasteiger partial charge in [0.15, 0.2) is 0 Å². The Balaban J connectivity index is 1.72. The molecule has 3 heteroatoms. The van der Waals surface area contributed by atoms with Crippen molar-refractivity contribution in [3.63, 3.8) is 0 Å². The molecule has 9 atom stereocenters. The fraction of sp³-hybridized carbons (Fsp3) is 0.913. The molecule has 26 heavy (non-hydrogen) atoms. The Bertz CT molecular complexity index is 586. The van der Waals surface area contributed by atoms with Crippen molar-refractivity contribution in [2.45, 2.75) is 78.2 Å². The largest absolute Gasteiger partial charge is 0.381 e. The highest BCUT2D eigenvalue weighted by Gasteiger charge is 2.64. The lowest BCUT2D eigenvalue weighted by atomic mass is 9.43. The Morgan fingerprint density at radius 3 is 2.46 bits per heavy atom. The molecule has 4 saturated carbocycles. The monoisotopic (exact) mass is 360 g/mol. The van der Waals surface area contributed by atoms with E-state index in [1.807, 2.05) is 7.11 Å². The molecular formula is C23H36O3. The predicted octanol–water partition coefficient (Wildman–Crippen LogP) is 4.67. The van der Waals surface area contributed by atoms with Crippen LogP contribution in [0.25, 0.3) is 0 Å². The van der Waals surface area contributed by atoms with Gasteiger partial charge in [-0.25, -0.2) is 0 Å². The van der Waals surface area contributed by atoms with Gasteiger partial charge in [-0.05, 0) is 86.9 Å². The zero-order valence-electron chi connectivity index (χ0n) is 17.0. The fourth-order valence-corrected chi connectivity index (χ4v) is 8.33. The maximum atomic E-state index is 12.8. The topological polar surface area (TPSA) is 43.4 Å². The SMILES string of the molecule is CO[C@@H]1C[C@@H]2[C@H](CC[C@]3(C(C)=O)[C@@H](C=O)CC[C@@H]23)[C@@]2(C)CC[C@@H](C)C[C@H]12. The summed E-state index contributed by atoms with van der Waals surface area (Å²) in [5, 5.41) is 0. The second-order valence-corrected chi connectivity index (χ2v) is 10.3. The van der Waals surface area contributed by atoms with Crippen molar-refractivity contribution in [1.82, 2.24) is 0 Å². The molecule has 0 spiro atoms. The highest BCUT2D eigenvalue weighted by atomic mass is 16.5. The van der Waals surface area contributed by atoms with Crippen LogP contribution in [0.1, 0.15) is 72.1 Å². The van der Waals surface area contributed by atoms with Gasteiger partial charge < -0.3 is 9.53 Å². The summed E-state index contributed by atoms with van der Waals surface area (Å²) in [4.78, 5) is 24.6. The summed E-state index contributed by atoms with van der Waals surface area (Å²) in [6, 6.07) is 0. The number of methoxy groups -OCH3 is 1. The molecule has 0 amide bonds. The van der Waals surface area contributed by atoms with E-state index in [1.54, 1.807) is 6.92 Å². The summed E-state index contributed by atoms with van der Waals surface area (Å²) in [5.74, 6) is 3.33. The summed E-state index contributed by atoms with van der Waals surface area (Å²) in [7, 11) is 1.88. The molecule has 0 radical (unpaired) electrons. The van der Waals surface area contributed by atoms with Gasteiger partial charge in [-0.3, -0.25) is 4.79 Å². The smallest absolute Gasteiger partial charge is 0.136 e. The zero-order valence-corrected chi connectivity index (χ0v) is 17.0. The van der Waals surface area contributed by atoms with Gasteiger partial charge in [0.1, 0.15) is 12.1 Å². The predicted molar refractivity (Wildman–Crippen MR) is 102 cm³/mol. The second kappa shape index (κ2) is 6.43. The molecule has 0 saturated heterocycles. The Morgan fingerprint density at radius 2 is 1.81 bits per heavy atom. The van der Waals surface area contributed by atoms with E-state index >= 15 is 0 Å². The number of fused-ring (bicyclic) bond motifs is 5. The van der Waals surface area contributed by atoms with Crippen LogP contribution in [0.5, 0.6) is 0 Å². The summed E-state index contributed by atoms with van der Waals surface area (Å²) < 4.78 is 6.06. The van der Waals surface area contributed by atoms with E-state index in [2.05, 4.69) is 13.8 Å². The molecule has 0 N–H and O–H groups in total. The van der Waals surface area contributed by atoms with Crippen molar-refractivity contribution in [3.8, 4) is 0 Å². The number of hydrogen-bond donors (Lipinski definition) is 0. The van der Waals surface area contributed by atoms with Crippen LogP contribution >= 0.6 is 0 Å². The standard InChI is InChI=1S/C23H36O3/c1-14-7-9-22(3)18-8-10-23(15(2)25)16(13-24)5-6-19(23)17(18)12-21(26-4)20(22)11-14/h13-14,16-21H,5-12H2,1-4H3/t14-,16-,17-,18+,19+,20-,21-,22-,23+/m1/s1. The van der Waals surface area contributed by atoms with E-state index in [0.29, 0.717) is 35.2 Å². The van der Waals surface area contributed by atoms with Crippen molar-refractivity contribution in [2.75, 3.05) is 7.11 Å².